The molecule has 18 heavy (non-hydrogen) atoms. The van der Waals surface area contributed by atoms with E-state index in [0.29, 0.717) is 12.3 Å². The van der Waals surface area contributed by atoms with Crippen LogP contribution >= 0.6 is 0 Å². The van der Waals surface area contributed by atoms with E-state index in [2.05, 4.69) is 12.2 Å². The Kier molecular flexibility index (Phi) is 5.44. The molecule has 1 heterocycles. The maximum atomic E-state index is 11.9. The standard InChI is InChI=1S/C12H24N2O3S/c1-10-5-4-7-14(9-10)12(15)13-11(2)6-8-18(3,16)17/h10-11H,4-9H2,1-3H3,(H,13,15)/t10-,11-/m1/s1. The van der Waals surface area contributed by atoms with E-state index in [0.717, 1.165) is 19.5 Å². The number of amides is 2. The summed E-state index contributed by atoms with van der Waals surface area (Å²) in [5.74, 6) is 0.668. The molecular weight excluding hydrogens is 252 g/mol. The number of carbonyl (C=O) groups excluding carboxylic acids is 1. The Balaban J connectivity index is 2.34. The first-order chi connectivity index (χ1) is 8.28. The number of sulfone groups is 1. The van der Waals surface area contributed by atoms with Crippen LogP contribution in [-0.4, -0.2) is 50.5 Å². The highest BCUT2D eigenvalue weighted by molar-refractivity contribution is 7.90. The largest absolute Gasteiger partial charge is 0.336 e. The Morgan fingerprint density at radius 3 is 2.72 bits per heavy atom. The Bertz CT molecular complexity index is 381. The molecule has 1 aliphatic rings. The molecule has 0 radical (unpaired) electrons. The van der Waals surface area contributed by atoms with E-state index in [4.69, 9.17) is 0 Å². The van der Waals surface area contributed by atoms with Crippen LogP contribution in [0.15, 0.2) is 0 Å². The number of urea groups is 1. The van der Waals surface area contributed by atoms with Crippen molar-refractivity contribution in [2.75, 3.05) is 25.1 Å². The fourth-order valence-corrected chi connectivity index (χ4v) is 2.92. The molecule has 0 bridgehead atoms. The molecule has 0 spiro atoms. The third-order valence-corrected chi connectivity index (χ3v) is 4.21. The first-order valence-corrected chi connectivity index (χ1v) is 8.57. The number of hydrogen-bond donors (Lipinski definition) is 1. The van der Waals surface area contributed by atoms with Crippen molar-refractivity contribution >= 4 is 15.9 Å². The second-order valence-corrected chi connectivity index (χ2v) is 7.72. The number of hydrogen-bond acceptors (Lipinski definition) is 3. The molecule has 0 aromatic rings. The monoisotopic (exact) mass is 276 g/mol. The van der Waals surface area contributed by atoms with Crippen LogP contribution in [0.4, 0.5) is 4.79 Å². The molecule has 2 amide bonds. The molecular formula is C12H24N2O3S. The third-order valence-electron chi connectivity index (χ3n) is 3.24. The van der Waals surface area contributed by atoms with Crippen LogP contribution in [-0.2, 0) is 9.84 Å². The summed E-state index contributed by atoms with van der Waals surface area (Å²) in [4.78, 5) is 13.8. The van der Waals surface area contributed by atoms with Gasteiger partial charge in [-0.05, 0) is 32.1 Å². The second kappa shape index (κ2) is 6.41. The number of nitrogens with zero attached hydrogens (tertiary/aromatic N) is 1. The van der Waals surface area contributed by atoms with Crippen LogP contribution < -0.4 is 5.32 Å². The number of carbonyl (C=O) groups is 1. The van der Waals surface area contributed by atoms with Gasteiger partial charge in [0.05, 0.1) is 5.75 Å². The molecule has 0 saturated carbocycles. The lowest BCUT2D eigenvalue weighted by atomic mass is 10.0. The van der Waals surface area contributed by atoms with Gasteiger partial charge >= 0.3 is 6.03 Å². The van der Waals surface area contributed by atoms with Crippen molar-refractivity contribution in [3.05, 3.63) is 0 Å². The fourth-order valence-electron chi connectivity index (χ4n) is 2.14. The lowest BCUT2D eigenvalue weighted by Crippen LogP contribution is -2.47. The average molecular weight is 276 g/mol. The molecule has 106 valence electrons. The van der Waals surface area contributed by atoms with Gasteiger partial charge in [0.25, 0.3) is 0 Å². The molecule has 6 heteroatoms. The summed E-state index contributed by atoms with van der Waals surface area (Å²) < 4.78 is 22.1. The first-order valence-electron chi connectivity index (χ1n) is 6.51. The quantitative estimate of drug-likeness (QED) is 0.840. The summed E-state index contributed by atoms with van der Waals surface area (Å²) in [6.45, 7) is 5.59. The van der Waals surface area contributed by atoms with Gasteiger partial charge in [-0.2, -0.15) is 0 Å². The molecule has 1 N–H and O–H groups in total. The van der Waals surface area contributed by atoms with Gasteiger partial charge in [0, 0.05) is 25.4 Å². The van der Waals surface area contributed by atoms with Gasteiger partial charge < -0.3 is 10.2 Å². The van der Waals surface area contributed by atoms with Gasteiger partial charge in [-0.1, -0.05) is 6.92 Å². The van der Waals surface area contributed by atoms with Crippen LogP contribution in [0.3, 0.4) is 0 Å². The minimum atomic E-state index is -2.95. The highest BCUT2D eigenvalue weighted by Gasteiger charge is 2.21. The van der Waals surface area contributed by atoms with Crippen molar-refractivity contribution in [1.82, 2.24) is 10.2 Å². The summed E-state index contributed by atoms with van der Waals surface area (Å²) in [5.41, 5.74) is 0. The minimum absolute atomic E-state index is 0.0671. The SMILES string of the molecule is C[C@@H]1CCCN(C(=O)N[C@H](C)CCS(C)(=O)=O)C1. The Morgan fingerprint density at radius 2 is 2.17 bits per heavy atom. The third kappa shape index (κ3) is 5.71. The topological polar surface area (TPSA) is 66.5 Å². The van der Waals surface area contributed by atoms with Gasteiger partial charge in [-0.25, -0.2) is 13.2 Å². The molecule has 0 aliphatic carbocycles. The van der Waals surface area contributed by atoms with Crippen molar-refractivity contribution in [2.24, 2.45) is 5.92 Å². The predicted molar refractivity (Wildman–Crippen MR) is 72.3 cm³/mol. The van der Waals surface area contributed by atoms with Crippen LogP contribution in [0.25, 0.3) is 0 Å². The highest BCUT2D eigenvalue weighted by atomic mass is 32.2. The van der Waals surface area contributed by atoms with Crippen molar-refractivity contribution in [2.45, 2.75) is 39.2 Å². The second-order valence-electron chi connectivity index (χ2n) is 5.46. The minimum Gasteiger partial charge on any atom is -0.336 e. The Hall–Kier alpha value is -0.780. The van der Waals surface area contributed by atoms with Crippen LogP contribution in [0.1, 0.15) is 33.1 Å². The lowest BCUT2D eigenvalue weighted by Gasteiger charge is -2.32. The number of nitrogens with one attached hydrogen (secondary N) is 1. The molecule has 5 nitrogen and oxygen atoms in total. The van der Waals surface area contributed by atoms with Crippen molar-refractivity contribution in [3.8, 4) is 0 Å². The van der Waals surface area contributed by atoms with E-state index < -0.39 is 9.84 Å². The molecule has 2 atom stereocenters. The first kappa shape index (κ1) is 15.3. The van der Waals surface area contributed by atoms with Crippen LogP contribution in [0.5, 0.6) is 0 Å². The smallest absolute Gasteiger partial charge is 0.317 e. The van der Waals surface area contributed by atoms with Gasteiger partial charge in [-0.3, -0.25) is 0 Å². The maximum Gasteiger partial charge on any atom is 0.317 e. The van der Waals surface area contributed by atoms with Gasteiger partial charge in [0.1, 0.15) is 9.84 Å². The maximum absolute atomic E-state index is 11.9. The zero-order valence-corrected chi connectivity index (χ0v) is 12.3. The van der Waals surface area contributed by atoms with E-state index in [1.54, 1.807) is 0 Å². The average Bonchev–Trinajstić information content (AvgIpc) is 2.25. The number of rotatable bonds is 4. The van der Waals surface area contributed by atoms with Gasteiger partial charge in [0.2, 0.25) is 0 Å². The number of piperidine rings is 1. The summed E-state index contributed by atoms with van der Waals surface area (Å²) in [5, 5.41) is 2.87. The Morgan fingerprint density at radius 1 is 1.50 bits per heavy atom. The van der Waals surface area contributed by atoms with Crippen LogP contribution in [0.2, 0.25) is 0 Å². The molecule has 0 aromatic carbocycles. The predicted octanol–water partition coefficient (Wildman–Crippen LogP) is 1.25. The zero-order chi connectivity index (χ0) is 13.8. The fraction of sp³-hybridized carbons (Fsp3) is 0.917. The molecule has 1 saturated heterocycles. The van der Waals surface area contributed by atoms with E-state index in [1.165, 1.54) is 12.7 Å². The van der Waals surface area contributed by atoms with Crippen molar-refractivity contribution in [1.29, 1.82) is 0 Å². The van der Waals surface area contributed by atoms with Gasteiger partial charge in [0.15, 0.2) is 0 Å². The molecule has 1 fully saturated rings. The summed E-state index contributed by atoms with van der Waals surface area (Å²) in [7, 11) is -2.95. The molecule has 0 aromatic heterocycles. The normalized spacial score (nSPS) is 22.6. The molecule has 1 rings (SSSR count). The van der Waals surface area contributed by atoms with E-state index in [9.17, 15) is 13.2 Å². The molecule has 1 aliphatic heterocycles. The summed E-state index contributed by atoms with van der Waals surface area (Å²) in [6, 6.07) is -0.174. The summed E-state index contributed by atoms with van der Waals surface area (Å²) in [6.07, 6.45) is 3.90. The van der Waals surface area contributed by atoms with E-state index >= 15 is 0 Å². The van der Waals surface area contributed by atoms with E-state index in [-0.39, 0.29) is 17.8 Å². The molecule has 0 unspecified atom stereocenters. The Labute approximate surface area is 110 Å². The highest BCUT2D eigenvalue weighted by Crippen LogP contribution is 2.15. The van der Waals surface area contributed by atoms with Crippen molar-refractivity contribution in [3.63, 3.8) is 0 Å². The summed E-state index contributed by atoms with van der Waals surface area (Å²) >= 11 is 0. The number of likely N-dealkylation sites (tertiary alicyclic amines) is 1. The zero-order valence-electron chi connectivity index (χ0n) is 11.5. The van der Waals surface area contributed by atoms with E-state index in [1.807, 2.05) is 11.8 Å². The van der Waals surface area contributed by atoms with Gasteiger partial charge in [-0.15, -0.1) is 0 Å². The van der Waals surface area contributed by atoms with Crippen LogP contribution in [0, 0.1) is 5.92 Å². The van der Waals surface area contributed by atoms with Crippen molar-refractivity contribution < 1.29 is 13.2 Å². The lowest BCUT2D eigenvalue weighted by molar-refractivity contribution is 0.167.